The lowest BCUT2D eigenvalue weighted by Crippen LogP contribution is -2.41. The number of nitrogens with one attached hydrogen (secondary N) is 2. The number of para-hydroxylation sites is 1. The Balaban J connectivity index is 1.68. The Hall–Kier alpha value is -3.80. The second-order valence-corrected chi connectivity index (χ2v) is 7.38. The highest BCUT2D eigenvalue weighted by Gasteiger charge is 2.34. The minimum atomic E-state index is -0.377. The van der Waals surface area contributed by atoms with Gasteiger partial charge in [0.05, 0.1) is 6.04 Å². The molecule has 0 saturated heterocycles. The first-order chi connectivity index (χ1) is 15.2. The van der Waals surface area contributed by atoms with Gasteiger partial charge in [0.1, 0.15) is 6.61 Å². The minimum Gasteiger partial charge on any atom is -0.445 e. The molecule has 1 aliphatic heterocycles. The summed E-state index contributed by atoms with van der Waals surface area (Å²) in [6.45, 7) is 0.742. The van der Waals surface area contributed by atoms with Crippen LogP contribution >= 0.6 is 0 Å². The smallest absolute Gasteiger partial charge is 0.410 e. The number of rotatable bonds is 4. The fraction of sp³-hybridized carbons (Fsp3) is 0.200. The van der Waals surface area contributed by atoms with Crippen LogP contribution in [0.4, 0.5) is 15.3 Å². The summed E-state index contributed by atoms with van der Waals surface area (Å²) in [6.07, 6.45) is 0.371. The van der Waals surface area contributed by atoms with Crippen molar-refractivity contribution in [3.8, 4) is 0 Å². The van der Waals surface area contributed by atoms with E-state index in [-0.39, 0.29) is 24.8 Å². The SMILES string of the molecule is CNC(=O)Nc1ccccc1C1c2ccccc2CCN1C(=O)OCc1ccccc1. The summed E-state index contributed by atoms with van der Waals surface area (Å²) in [6, 6.07) is 24.6. The van der Waals surface area contributed by atoms with Gasteiger partial charge in [-0.05, 0) is 29.2 Å². The minimum absolute atomic E-state index is 0.211. The number of hydrogen-bond donors (Lipinski definition) is 2. The van der Waals surface area contributed by atoms with E-state index in [1.165, 1.54) is 5.56 Å². The van der Waals surface area contributed by atoms with Gasteiger partial charge in [-0.15, -0.1) is 0 Å². The van der Waals surface area contributed by atoms with Crippen molar-refractivity contribution >= 4 is 17.8 Å². The maximum atomic E-state index is 13.2. The molecule has 1 heterocycles. The third-order valence-corrected chi connectivity index (χ3v) is 5.45. The number of carbonyl (C=O) groups is 2. The molecule has 31 heavy (non-hydrogen) atoms. The molecule has 2 N–H and O–H groups in total. The van der Waals surface area contributed by atoms with Crippen LogP contribution in [0.15, 0.2) is 78.9 Å². The Kier molecular flexibility index (Phi) is 6.17. The zero-order valence-electron chi connectivity index (χ0n) is 17.4. The monoisotopic (exact) mass is 415 g/mol. The molecule has 0 aliphatic carbocycles. The average molecular weight is 415 g/mol. The molecular weight excluding hydrogens is 390 g/mol. The molecule has 158 valence electrons. The van der Waals surface area contributed by atoms with Crippen LogP contribution in [0.1, 0.15) is 28.3 Å². The van der Waals surface area contributed by atoms with Gasteiger partial charge in [0.25, 0.3) is 0 Å². The Bertz CT molecular complexity index is 1070. The second kappa shape index (κ2) is 9.34. The second-order valence-electron chi connectivity index (χ2n) is 7.38. The Labute approximate surface area is 181 Å². The third kappa shape index (κ3) is 4.53. The molecule has 0 aromatic heterocycles. The lowest BCUT2D eigenvalue weighted by atomic mass is 9.87. The summed E-state index contributed by atoms with van der Waals surface area (Å²) in [4.78, 5) is 26.9. The van der Waals surface area contributed by atoms with E-state index in [2.05, 4.69) is 16.7 Å². The van der Waals surface area contributed by atoms with E-state index >= 15 is 0 Å². The highest BCUT2D eigenvalue weighted by atomic mass is 16.6. The molecule has 0 bridgehead atoms. The molecule has 0 fully saturated rings. The number of hydrogen-bond acceptors (Lipinski definition) is 3. The van der Waals surface area contributed by atoms with E-state index in [4.69, 9.17) is 4.74 Å². The number of benzene rings is 3. The van der Waals surface area contributed by atoms with Crippen LogP contribution < -0.4 is 10.6 Å². The van der Waals surface area contributed by atoms with Crippen LogP contribution in [-0.4, -0.2) is 30.6 Å². The van der Waals surface area contributed by atoms with Gasteiger partial charge < -0.3 is 15.4 Å². The number of amides is 3. The number of anilines is 1. The van der Waals surface area contributed by atoms with Crippen molar-refractivity contribution in [2.75, 3.05) is 18.9 Å². The molecule has 6 nitrogen and oxygen atoms in total. The maximum absolute atomic E-state index is 13.2. The van der Waals surface area contributed by atoms with Crippen molar-refractivity contribution in [3.05, 3.63) is 101 Å². The van der Waals surface area contributed by atoms with Crippen LogP contribution in [0.2, 0.25) is 0 Å². The predicted octanol–water partition coefficient (Wildman–Crippen LogP) is 4.72. The molecule has 1 atom stereocenters. The molecule has 1 unspecified atom stereocenters. The van der Waals surface area contributed by atoms with Crippen molar-refractivity contribution in [1.82, 2.24) is 10.2 Å². The van der Waals surface area contributed by atoms with Gasteiger partial charge in [0.15, 0.2) is 0 Å². The van der Waals surface area contributed by atoms with Gasteiger partial charge >= 0.3 is 12.1 Å². The fourth-order valence-corrected chi connectivity index (χ4v) is 3.93. The molecule has 0 spiro atoms. The van der Waals surface area contributed by atoms with Crippen LogP contribution in [0.5, 0.6) is 0 Å². The first kappa shape index (κ1) is 20.5. The summed E-state index contributed by atoms with van der Waals surface area (Å²) in [7, 11) is 1.57. The lowest BCUT2D eigenvalue weighted by molar-refractivity contribution is 0.0838. The van der Waals surface area contributed by atoms with Crippen molar-refractivity contribution in [1.29, 1.82) is 0 Å². The highest BCUT2D eigenvalue weighted by Crippen LogP contribution is 2.38. The summed E-state index contributed by atoms with van der Waals surface area (Å²) in [5.74, 6) is 0. The standard InChI is InChI=1S/C25H25N3O3/c1-26-24(29)27-22-14-8-7-13-21(22)23-20-12-6-5-11-19(20)15-16-28(23)25(30)31-17-18-9-3-2-4-10-18/h2-14,23H,15-17H2,1H3,(H2,26,27,29). The summed E-state index contributed by atoms with van der Waals surface area (Å²) >= 11 is 0. The third-order valence-electron chi connectivity index (χ3n) is 5.45. The molecule has 6 heteroatoms. The highest BCUT2D eigenvalue weighted by molar-refractivity contribution is 5.90. The van der Waals surface area contributed by atoms with Crippen molar-refractivity contribution in [2.45, 2.75) is 19.1 Å². The van der Waals surface area contributed by atoms with E-state index in [9.17, 15) is 9.59 Å². The van der Waals surface area contributed by atoms with Gasteiger partial charge in [-0.25, -0.2) is 9.59 Å². The van der Waals surface area contributed by atoms with Gasteiger partial charge in [-0.2, -0.15) is 0 Å². The first-order valence-corrected chi connectivity index (χ1v) is 10.3. The molecule has 3 aromatic rings. The summed E-state index contributed by atoms with van der Waals surface area (Å²) < 4.78 is 5.66. The maximum Gasteiger partial charge on any atom is 0.410 e. The van der Waals surface area contributed by atoms with E-state index in [1.807, 2.05) is 72.8 Å². The Morgan fingerprint density at radius 1 is 0.935 bits per heavy atom. The predicted molar refractivity (Wildman–Crippen MR) is 120 cm³/mol. The summed E-state index contributed by atoms with van der Waals surface area (Å²) in [5, 5.41) is 5.46. The quantitative estimate of drug-likeness (QED) is 0.648. The fourth-order valence-electron chi connectivity index (χ4n) is 3.93. The molecule has 3 amide bonds. The normalized spacial score (nSPS) is 15.0. The first-order valence-electron chi connectivity index (χ1n) is 10.3. The van der Waals surface area contributed by atoms with Gasteiger partial charge in [0, 0.05) is 24.8 Å². The average Bonchev–Trinajstić information content (AvgIpc) is 2.83. The van der Waals surface area contributed by atoms with E-state index in [1.54, 1.807) is 11.9 Å². The number of fused-ring (bicyclic) bond motifs is 1. The molecule has 3 aromatic carbocycles. The van der Waals surface area contributed by atoms with E-state index in [0.717, 1.165) is 23.1 Å². The van der Waals surface area contributed by atoms with Crippen LogP contribution in [0, 0.1) is 0 Å². The number of ether oxygens (including phenoxy) is 1. The molecule has 0 radical (unpaired) electrons. The zero-order chi connectivity index (χ0) is 21.6. The van der Waals surface area contributed by atoms with E-state index < -0.39 is 0 Å². The molecular formula is C25H25N3O3. The van der Waals surface area contributed by atoms with Gasteiger partial charge in [0.2, 0.25) is 0 Å². The topological polar surface area (TPSA) is 70.7 Å². The van der Waals surface area contributed by atoms with Crippen molar-refractivity contribution < 1.29 is 14.3 Å². The lowest BCUT2D eigenvalue weighted by Gasteiger charge is -2.37. The van der Waals surface area contributed by atoms with Gasteiger partial charge in [-0.1, -0.05) is 72.8 Å². The van der Waals surface area contributed by atoms with Crippen LogP contribution in [-0.2, 0) is 17.8 Å². The van der Waals surface area contributed by atoms with Crippen LogP contribution in [0.25, 0.3) is 0 Å². The number of urea groups is 1. The van der Waals surface area contributed by atoms with Crippen molar-refractivity contribution in [3.63, 3.8) is 0 Å². The Morgan fingerprint density at radius 2 is 1.61 bits per heavy atom. The zero-order valence-corrected chi connectivity index (χ0v) is 17.4. The number of carbonyl (C=O) groups excluding carboxylic acids is 2. The summed E-state index contributed by atoms with van der Waals surface area (Å²) in [5.41, 5.74) is 4.66. The molecule has 4 rings (SSSR count). The largest absolute Gasteiger partial charge is 0.445 e. The molecule has 1 aliphatic rings. The van der Waals surface area contributed by atoms with Crippen molar-refractivity contribution in [2.24, 2.45) is 0 Å². The van der Waals surface area contributed by atoms with Gasteiger partial charge in [-0.3, -0.25) is 4.90 Å². The van der Waals surface area contributed by atoms with E-state index in [0.29, 0.717) is 12.2 Å². The Morgan fingerprint density at radius 3 is 2.39 bits per heavy atom. The van der Waals surface area contributed by atoms with Crippen LogP contribution in [0.3, 0.4) is 0 Å². The molecule has 0 saturated carbocycles. The number of nitrogens with zero attached hydrogens (tertiary/aromatic N) is 1.